The zero-order valence-corrected chi connectivity index (χ0v) is 11.2. The molecular formula is C16H10F2OS. The first-order valence-corrected chi connectivity index (χ1v) is 6.90. The van der Waals surface area contributed by atoms with Gasteiger partial charge in [-0.05, 0) is 35.2 Å². The fourth-order valence-corrected chi connectivity index (χ4v) is 3.11. The van der Waals surface area contributed by atoms with E-state index in [-0.39, 0.29) is 12.2 Å². The minimum absolute atomic E-state index is 0.00149. The Morgan fingerprint density at radius 2 is 1.70 bits per heavy atom. The summed E-state index contributed by atoms with van der Waals surface area (Å²) in [6.45, 7) is 0. The second kappa shape index (κ2) is 5.13. The molecule has 1 aromatic heterocycles. The summed E-state index contributed by atoms with van der Waals surface area (Å²) >= 11 is 1.40. The first-order chi connectivity index (χ1) is 9.61. The van der Waals surface area contributed by atoms with Crippen molar-refractivity contribution >= 4 is 27.2 Å². The summed E-state index contributed by atoms with van der Waals surface area (Å²) in [5, 5.41) is 1.01. The molecule has 0 aliphatic heterocycles. The predicted octanol–water partition coefficient (Wildman–Crippen LogP) is 4.60. The molecule has 0 radical (unpaired) electrons. The molecule has 0 saturated carbocycles. The van der Waals surface area contributed by atoms with Crippen LogP contribution in [-0.2, 0) is 6.42 Å². The van der Waals surface area contributed by atoms with Gasteiger partial charge in [0.1, 0.15) is 11.6 Å². The summed E-state index contributed by atoms with van der Waals surface area (Å²) in [6, 6.07) is 12.7. The van der Waals surface area contributed by atoms with Gasteiger partial charge in [0.15, 0.2) is 5.78 Å². The van der Waals surface area contributed by atoms with Gasteiger partial charge in [-0.2, -0.15) is 0 Å². The number of thiophene rings is 1. The van der Waals surface area contributed by atoms with Crippen molar-refractivity contribution in [2.24, 2.45) is 0 Å². The van der Waals surface area contributed by atoms with Gasteiger partial charge in [0.2, 0.25) is 0 Å². The predicted molar refractivity (Wildman–Crippen MR) is 76.2 cm³/mol. The first-order valence-electron chi connectivity index (χ1n) is 6.08. The molecule has 0 fully saturated rings. The van der Waals surface area contributed by atoms with E-state index < -0.39 is 11.6 Å². The number of hydrogen-bond donors (Lipinski definition) is 0. The lowest BCUT2D eigenvalue weighted by Crippen LogP contribution is -2.02. The number of Topliss-reactive ketones (excluding diaryl/α,β-unsaturated/α-hetero) is 1. The molecule has 0 aliphatic rings. The SMILES string of the molecule is O=C(Cc1cc(F)cc(F)c1)c1cc2ccccc2s1. The van der Waals surface area contributed by atoms with Crippen molar-refractivity contribution in [1.82, 2.24) is 0 Å². The standard InChI is InChI=1S/C16H10F2OS/c17-12-5-10(6-13(18)9-12)7-14(19)16-8-11-3-1-2-4-15(11)20-16/h1-6,8-9H,7H2. The third-order valence-electron chi connectivity index (χ3n) is 2.99. The Bertz CT molecular complexity index is 739. The van der Waals surface area contributed by atoms with Crippen molar-refractivity contribution in [3.8, 4) is 0 Å². The van der Waals surface area contributed by atoms with Crippen molar-refractivity contribution in [3.05, 3.63) is 70.6 Å². The van der Waals surface area contributed by atoms with Crippen LogP contribution in [0.25, 0.3) is 10.1 Å². The van der Waals surface area contributed by atoms with E-state index in [0.717, 1.165) is 16.2 Å². The molecular weight excluding hydrogens is 278 g/mol. The topological polar surface area (TPSA) is 17.1 Å². The Balaban J connectivity index is 1.88. The van der Waals surface area contributed by atoms with Crippen molar-refractivity contribution < 1.29 is 13.6 Å². The van der Waals surface area contributed by atoms with E-state index in [1.165, 1.54) is 23.5 Å². The lowest BCUT2D eigenvalue weighted by atomic mass is 10.1. The van der Waals surface area contributed by atoms with Gasteiger partial charge in [0.05, 0.1) is 4.88 Å². The Hall–Kier alpha value is -2.07. The van der Waals surface area contributed by atoms with Crippen LogP contribution in [0.1, 0.15) is 15.2 Å². The summed E-state index contributed by atoms with van der Waals surface area (Å²) in [6.07, 6.45) is 0.00149. The highest BCUT2D eigenvalue weighted by Gasteiger charge is 2.12. The van der Waals surface area contributed by atoms with Crippen LogP contribution < -0.4 is 0 Å². The van der Waals surface area contributed by atoms with E-state index in [2.05, 4.69) is 0 Å². The van der Waals surface area contributed by atoms with Crippen molar-refractivity contribution in [2.75, 3.05) is 0 Å². The van der Waals surface area contributed by atoms with E-state index in [4.69, 9.17) is 0 Å². The monoisotopic (exact) mass is 288 g/mol. The van der Waals surface area contributed by atoms with Crippen molar-refractivity contribution in [2.45, 2.75) is 6.42 Å². The van der Waals surface area contributed by atoms with Crippen LogP contribution >= 0.6 is 11.3 Å². The van der Waals surface area contributed by atoms with Crippen molar-refractivity contribution in [3.63, 3.8) is 0 Å². The molecule has 0 spiro atoms. The molecule has 20 heavy (non-hydrogen) atoms. The minimum Gasteiger partial charge on any atom is -0.293 e. The van der Waals surface area contributed by atoms with Gasteiger partial charge in [0, 0.05) is 17.2 Å². The molecule has 0 atom stereocenters. The molecule has 3 aromatic rings. The molecule has 1 nitrogen and oxygen atoms in total. The number of halogens is 2. The lowest BCUT2D eigenvalue weighted by Gasteiger charge is -2.00. The molecule has 0 bridgehead atoms. The zero-order chi connectivity index (χ0) is 14.1. The van der Waals surface area contributed by atoms with E-state index in [1.54, 1.807) is 0 Å². The van der Waals surface area contributed by atoms with Gasteiger partial charge in [0.25, 0.3) is 0 Å². The molecule has 100 valence electrons. The average Bonchev–Trinajstić information content (AvgIpc) is 2.81. The van der Waals surface area contributed by atoms with Crippen LogP contribution in [0.2, 0.25) is 0 Å². The second-order valence-electron chi connectivity index (χ2n) is 4.53. The highest BCUT2D eigenvalue weighted by atomic mass is 32.1. The largest absolute Gasteiger partial charge is 0.293 e. The third kappa shape index (κ3) is 2.60. The van der Waals surface area contributed by atoms with Gasteiger partial charge in [-0.1, -0.05) is 18.2 Å². The Labute approximate surface area is 118 Å². The van der Waals surface area contributed by atoms with Gasteiger partial charge in [-0.3, -0.25) is 4.79 Å². The molecule has 0 unspecified atom stereocenters. The smallest absolute Gasteiger partial charge is 0.177 e. The minimum atomic E-state index is -0.663. The number of benzene rings is 2. The van der Waals surface area contributed by atoms with Crippen LogP contribution in [0.5, 0.6) is 0 Å². The first kappa shape index (κ1) is 12.9. The molecule has 2 aromatic carbocycles. The summed E-state index contributed by atoms with van der Waals surface area (Å²) in [7, 11) is 0. The Kier molecular flexibility index (Phi) is 3.32. The molecule has 1 heterocycles. The van der Waals surface area contributed by atoms with E-state index in [9.17, 15) is 13.6 Å². The highest BCUT2D eigenvalue weighted by molar-refractivity contribution is 7.20. The maximum absolute atomic E-state index is 13.1. The number of hydrogen-bond acceptors (Lipinski definition) is 2. The lowest BCUT2D eigenvalue weighted by molar-refractivity contribution is 0.0997. The zero-order valence-electron chi connectivity index (χ0n) is 10.4. The average molecular weight is 288 g/mol. The van der Waals surface area contributed by atoms with E-state index >= 15 is 0 Å². The summed E-state index contributed by atoms with van der Waals surface area (Å²) in [4.78, 5) is 12.8. The number of ketones is 1. The number of carbonyl (C=O) groups is 1. The number of rotatable bonds is 3. The normalized spacial score (nSPS) is 10.9. The number of carbonyl (C=O) groups excluding carboxylic acids is 1. The quantitative estimate of drug-likeness (QED) is 0.643. The summed E-state index contributed by atoms with van der Waals surface area (Å²) in [5.41, 5.74) is 0.352. The molecule has 3 rings (SSSR count). The van der Waals surface area contributed by atoms with Crippen LogP contribution in [-0.4, -0.2) is 5.78 Å². The van der Waals surface area contributed by atoms with Crippen LogP contribution in [0.4, 0.5) is 8.78 Å². The second-order valence-corrected chi connectivity index (χ2v) is 5.61. The van der Waals surface area contributed by atoms with Gasteiger partial charge >= 0.3 is 0 Å². The van der Waals surface area contributed by atoms with Crippen LogP contribution in [0.3, 0.4) is 0 Å². The molecule has 0 N–H and O–H groups in total. The molecule has 4 heteroatoms. The number of fused-ring (bicyclic) bond motifs is 1. The molecule has 0 saturated heterocycles. The fraction of sp³-hybridized carbons (Fsp3) is 0.0625. The van der Waals surface area contributed by atoms with Crippen molar-refractivity contribution in [1.29, 1.82) is 0 Å². The fourth-order valence-electron chi connectivity index (χ4n) is 2.10. The van der Waals surface area contributed by atoms with E-state index in [1.807, 2.05) is 30.3 Å². The molecule has 0 aliphatic carbocycles. The summed E-state index contributed by atoms with van der Waals surface area (Å²) in [5.74, 6) is -1.45. The Morgan fingerprint density at radius 1 is 1.00 bits per heavy atom. The van der Waals surface area contributed by atoms with Crippen LogP contribution in [0.15, 0.2) is 48.5 Å². The maximum atomic E-state index is 13.1. The van der Waals surface area contributed by atoms with Gasteiger partial charge in [-0.25, -0.2) is 8.78 Å². The van der Waals surface area contributed by atoms with Gasteiger partial charge < -0.3 is 0 Å². The third-order valence-corrected chi connectivity index (χ3v) is 4.14. The summed E-state index contributed by atoms with van der Waals surface area (Å²) < 4.78 is 27.2. The molecule has 0 amide bonds. The Morgan fingerprint density at radius 3 is 2.40 bits per heavy atom. The maximum Gasteiger partial charge on any atom is 0.177 e. The highest BCUT2D eigenvalue weighted by Crippen LogP contribution is 2.26. The van der Waals surface area contributed by atoms with Gasteiger partial charge in [-0.15, -0.1) is 11.3 Å². The van der Waals surface area contributed by atoms with E-state index in [0.29, 0.717) is 10.4 Å². The van der Waals surface area contributed by atoms with Crippen LogP contribution in [0, 0.1) is 11.6 Å².